The maximum absolute atomic E-state index is 6.27. The van der Waals surface area contributed by atoms with Crippen LogP contribution in [-0.4, -0.2) is 15.0 Å². The maximum atomic E-state index is 6.27. The lowest BCUT2D eigenvalue weighted by molar-refractivity contribution is 0.669. The van der Waals surface area contributed by atoms with Gasteiger partial charge in [0.15, 0.2) is 0 Å². The quantitative estimate of drug-likeness (QED) is 0.178. The molecule has 0 spiro atoms. The number of benzene rings is 8. The molecule has 0 unspecified atom stereocenters. The number of fused-ring (bicyclic) bond motifs is 8. The molecule has 0 saturated carbocycles. The van der Waals surface area contributed by atoms with Crippen molar-refractivity contribution >= 4 is 71.6 Å². The molecular formula is C44H28N4O. The SMILES string of the molecule is c1ccc(N(c2ccc(-c3ccc4ccc5ccc6nn(-c7ccccc7)nc6c5c4c3)cc2)c2ccc3c(c2)oc2ccccc23)cc1. The van der Waals surface area contributed by atoms with E-state index in [4.69, 9.17) is 14.6 Å². The van der Waals surface area contributed by atoms with Crippen molar-refractivity contribution in [2.24, 2.45) is 0 Å². The molecule has 2 aromatic heterocycles. The Hall–Kier alpha value is -6.72. The van der Waals surface area contributed by atoms with Gasteiger partial charge in [0, 0.05) is 39.3 Å². The van der Waals surface area contributed by atoms with Crippen molar-refractivity contribution in [2.45, 2.75) is 0 Å². The summed E-state index contributed by atoms with van der Waals surface area (Å²) in [5.74, 6) is 0. The fourth-order valence-corrected chi connectivity index (χ4v) is 7.05. The van der Waals surface area contributed by atoms with Gasteiger partial charge in [-0.05, 0) is 94.0 Å². The van der Waals surface area contributed by atoms with Crippen molar-refractivity contribution in [3.8, 4) is 16.8 Å². The van der Waals surface area contributed by atoms with Gasteiger partial charge in [0.1, 0.15) is 22.2 Å². The summed E-state index contributed by atoms with van der Waals surface area (Å²) >= 11 is 0. The van der Waals surface area contributed by atoms with Crippen LogP contribution in [-0.2, 0) is 0 Å². The first kappa shape index (κ1) is 27.4. The molecule has 10 rings (SSSR count). The van der Waals surface area contributed by atoms with Crippen LogP contribution in [0.1, 0.15) is 0 Å². The van der Waals surface area contributed by atoms with Gasteiger partial charge in [-0.15, -0.1) is 10.2 Å². The van der Waals surface area contributed by atoms with Crippen LogP contribution in [0.3, 0.4) is 0 Å². The van der Waals surface area contributed by atoms with Gasteiger partial charge in [0.05, 0.1) is 5.69 Å². The molecule has 0 atom stereocenters. The zero-order valence-corrected chi connectivity index (χ0v) is 26.4. The summed E-state index contributed by atoms with van der Waals surface area (Å²) in [6.45, 7) is 0. The van der Waals surface area contributed by atoms with Gasteiger partial charge in [-0.3, -0.25) is 0 Å². The molecule has 0 fully saturated rings. The fraction of sp³-hybridized carbons (Fsp3) is 0. The number of nitrogens with zero attached hydrogens (tertiary/aromatic N) is 4. The third kappa shape index (κ3) is 4.55. The molecule has 10 aromatic rings. The average Bonchev–Trinajstić information content (AvgIpc) is 3.77. The van der Waals surface area contributed by atoms with E-state index in [1.54, 1.807) is 4.80 Å². The second-order valence-corrected chi connectivity index (χ2v) is 12.4. The first-order valence-corrected chi connectivity index (χ1v) is 16.4. The minimum atomic E-state index is 0.873. The van der Waals surface area contributed by atoms with E-state index >= 15 is 0 Å². The van der Waals surface area contributed by atoms with E-state index in [1.807, 2.05) is 48.5 Å². The van der Waals surface area contributed by atoms with E-state index in [9.17, 15) is 0 Å². The van der Waals surface area contributed by atoms with Crippen LogP contribution in [0.4, 0.5) is 17.1 Å². The molecular weight excluding hydrogens is 601 g/mol. The van der Waals surface area contributed by atoms with Crippen molar-refractivity contribution in [3.05, 3.63) is 170 Å². The highest BCUT2D eigenvalue weighted by Gasteiger charge is 2.16. The number of furan rings is 1. The van der Waals surface area contributed by atoms with Crippen molar-refractivity contribution in [3.63, 3.8) is 0 Å². The van der Waals surface area contributed by atoms with Crippen LogP contribution in [0.5, 0.6) is 0 Å². The molecule has 0 aliphatic rings. The summed E-state index contributed by atoms with van der Waals surface area (Å²) in [4.78, 5) is 4.01. The van der Waals surface area contributed by atoms with E-state index < -0.39 is 0 Å². The smallest absolute Gasteiger partial charge is 0.137 e. The highest BCUT2D eigenvalue weighted by Crippen LogP contribution is 2.40. The predicted octanol–water partition coefficient (Wildman–Crippen LogP) is 11.8. The highest BCUT2D eigenvalue weighted by molar-refractivity contribution is 6.19. The van der Waals surface area contributed by atoms with Gasteiger partial charge < -0.3 is 9.32 Å². The van der Waals surface area contributed by atoms with Crippen LogP contribution in [0.25, 0.3) is 71.3 Å². The van der Waals surface area contributed by atoms with Crippen molar-refractivity contribution in [1.29, 1.82) is 0 Å². The summed E-state index contributed by atoms with van der Waals surface area (Å²) in [6, 6.07) is 59.3. The molecule has 5 nitrogen and oxygen atoms in total. The van der Waals surface area contributed by atoms with Gasteiger partial charge in [-0.1, -0.05) is 97.1 Å². The predicted molar refractivity (Wildman–Crippen MR) is 201 cm³/mol. The summed E-state index contributed by atoms with van der Waals surface area (Å²) in [7, 11) is 0. The van der Waals surface area contributed by atoms with Gasteiger partial charge in [0.2, 0.25) is 0 Å². The number of hydrogen-bond donors (Lipinski definition) is 0. The lowest BCUT2D eigenvalue weighted by Crippen LogP contribution is -2.09. The maximum Gasteiger partial charge on any atom is 0.137 e. The molecule has 0 bridgehead atoms. The second-order valence-electron chi connectivity index (χ2n) is 12.4. The summed E-state index contributed by atoms with van der Waals surface area (Å²) in [5, 5.41) is 16.6. The van der Waals surface area contributed by atoms with E-state index in [0.29, 0.717) is 0 Å². The minimum Gasteiger partial charge on any atom is -0.456 e. The zero-order valence-electron chi connectivity index (χ0n) is 26.4. The standard InChI is InChI=1S/C44H28N4O/c1-3-9-33(10-4-1)47(36-24-25-38-37-13-7-8-14-41(37)49-42(38)28-36)34-22-19-29(20-23-34)32-18-16-30-15-17-31-21-26-40-44(43(31)39(30)27-32)46-48(45-40)35-11-5-2-6-12-35/h1-28H. The molecule has 49 heavy (non-hydrogen) atoms. The largest absolute Gasteiger partial charge is 0.456 e. The average molecular weight is 629 g/mol. The van der Waals surface area contributed by atoms with E-state index in [1.165, 1.54) is 5.39 Å². The Morgan fingerprint density at radius 2 is 1.10 bits per heavy atom. The van der Waals surface area contributed by atoms with Crippen LogP contribution >= 0.6 is 0 Å². The van der Waals surface area contributed by atoms with Crippen LogP contribution in [0, 0.1) is 0 Å². The molecule has 0 N–H and O–H groups in total. The summed E-state index contributed by atoms with van der Waals surface area (Å²) in [6.07, 6.45) is 0. The van der Waals surface area contributed by atoms with Gasteiger partial charge in [0.25, 0.3) is 0 Å². The van der Waals surface area contributed by atoms with Gasteiger partial charge in [-0.2, -0.15) is 4.80 Å². The number of anilines is 3. The number of aromatic nitrogens is 3. The fourth-order valence-electron chi connectivity index (χ4n) is 7.05. The molecule has 5 heteroatoms. The molecule has 8 aromatic carbocycles. The monoisotopic (exact) mass is 628 g/mol. The Bertz CT molecular complexity index is 2820. The molecule has 0 aliphatic heterocycles. The lowest BCUT2D eigenvalue weighted by atomic mass is 9.96. The summed E-state index contributed by atoms with van der Waals surface area (Å²) < 4.78 is 6.27. The van der Waals surface area contributed by atoms with Crippen LogP contribution < -0.4 is 4.90 Å². The van der Waals surface area contributed by atoms with Gasteiger partial charge in [-0.25, -0.2) is 0 Å². The van der Waals surface area contributed by atoms with E-state index in [-0.39, 0.29) is 0 Å². The second kappa shape index (κ2) is 10.9. The minimum absolute atomic E-state index is 0.873. The molecule has 0 amide bonds. The Labute approximate surface area is 281 Å². The normalized spacial score (nSPS) is 11.7. The highest BCUT2D eigenvalue weighted by atomic mass is 16.3. The van der Waals surface area contributed by atoms with Crippen molar-refractivity contribution < 1.29 is 4.42 Å². The topological polar surface area (TPSA) is 47.1 Å². The van der Waals surface area contributed by atoms with Crippen LogP contribution in [0.2, 0.25) is 0 Å². The third-order valence-electron chi connectivity index (χ3n) is 9.43. The molecule has 0 saturated heterocycles. The Morgan fingerprint density at radius 3 is 1.96 bits per heavy atom. The van der Waals surface area contributed by atoms with Crippen LogP contribution in [0.15, 0.2) is 174 Å². The Balaban J connectivity index is 1.07. The van der Waals surface area contributed by atoms with E-state index in [2.05, 4.69) is 126 Å². The number of rotatable bonds is 5. The van der Waals surface area contributed by atoms with Gasteiger partial charge >= 0.3 is 0 Å². The first-order valence-electron chi connectivity index (χ1n) is 16.4. The number of para-hydroxylation sites is 3. The Kier molecular flexibility index (Phi) is 6.11. The molecule has 0 radical (unpaired) electrons. The summed E-state index contributed by atoms with van der Waals surface area (Å²) in [5.41, 5.74) is 9.96. The first-order chi connectivity index (χ1) is 24.3. The molecule has 2 heterocycles. The van der Waals surface area contributed by atoms with Crippen molar-refractivity contribution in [1.82, 2.24) is 15.0 Å². The van der Waals surface area contributed by atoms with E-state index in [0.717, 1.165) is 83.0 Å². The Morgan fingerprint density at radius 1 is 0.449 bits per heavy atom. The number of hydrogen-bond acceptors (Lipinski definition) is 4. The molecule has 0 aliphatic carbocycles. The third-order valence-corrected chi connectivity index (χ3v) is 9.43. The molecule has 230 valence electrons. The zero-order chi connectivity index (χ0) is 32.3. The lowest BCUT2D eigenvalue weighted by Gasteiger charge is -2.25. The van der Waals surface area contributed by atoms with Crippen molar-refractivity contribution in [2.75, 3.05) is 4.90 Å².